The van der Waals surface area contributed by atoms with E-state index in [9.17, 15) is 4.79 Å². The Morgan fingerprint density at radius 2 is 1.93 bits per heavy atom. The van der Waals surface area contributed by atoms with E-state index < -0.39 is 0 Å². The number of benzene rings is 2. The van der Waals surface area contributed by atoms with Gasteiger partial charge in [0.1, 0.15) is 11.8 Å². The fraction of sp³-hybridized carbons (Fsp3) is 0.150. The van der Waals surface area contributed by atoms with Crippen molar-refractivity contribution < 1.29 is 9.53 Å². The van der Waals surface area contributed by atoms with Crippen LogP contribution in [0.1, 0.15) is 18.1 Å². The number of amides is 1. The highest BCUT2D eigenvalue weighted by Crippen LogP contribution is 2.36. The third-order valence-corrected chi connectivity index (χ3v) is 5.91. The van der Waals surface area contributed by atoms with Gasteiger partial charge in [-0.15, -0.1) is 0 Å². The van der Waals surface area contributed by atoms with E-state index in [4.69, 9.17) is 10.00 Å². The summed E-state index contributed by atoms with van der Waals surface area (Å²) in [4.78, 5) is 17.3. The number of halogens is 2. The van der Waals surface area contributed by atoms with Crippen LogP contribution < -0.4 is 10.1 Å². The van der Waals surface area contributed by atoms with Crippen molar-refractivity contribution in [2.24, 2.45) is 4.99 Å². The highest BCUT2D eigenvalue weighted by molar-refractivity contribution is 9.11. The van der Waals surface area contributed by atoms with Gasteiger partial charge in [-0.05, 0) is 91.5 Å². The maximum atomic E-state index is 12.3. The van der Waals surface area contributed by atoms with E-state index >= 15 is 0 Å². The first kappa shape index (κ1) is 20.6. The normalized spacial score (nSPS) is 16.3. The zero-order valence-corrected chi connectivity index (χ0v) is 18.8. The van der Waals surface area contributed by atoms with Crippen LogP contribution in [-0.2, 0) is 11.2 Å². The minimum absolute atomic E-state index is 0.0467. The molecule has 0 aliphatic carbocycles. The molecule has 28 heavy (non-hydrogen) atoms. The average molecular weight is 521 g/mol. The molecule has 0 atom stereocenters. The largest absolute Gasteiger partial charge is 0.476 e. The van der Waals surface area contributed by atoms with Crippen molar-refractivity contribution in [3.63, 3.8) is 0 Å². The molecule has 0 bridgehead atoms. The molecule has 1 saturated heterocycles. The average Bonchev–Trinajstić information content (AvgIpc) is 3.00. The Hall–Kier alpha value is -2.08. The number of aryl methyl sites for hydroxylation is 1. The summed E-state index contributed by atoms with van der Waals surface area (Å²) in [6, 6.07) is 13.5. The summed E-state index contributed by atoms with van der Waals surface area (Å²) < 4.78 is 6.77. The van der Waals surface area contributed by atoms with Crippen LogP contribution in [0, 0.1) is 11.3 Å². The first-order valence-electron chi connectivity index (χ1n) is 8.37. The molecule has 1 heterocycles. The number of carbonyl (C=O) groups excluding carboxylic acids is 1. The van der Waals surface area contributed by atoms with Crippen LogP contribution in [0.4, 0.5) is 5.69 Å². The molecule has 0 spiro atoms. The Morgan fingerprint density at radius 3 is 2.54 bits per heavy atom. The zero-order valence-electron chi connectivity index (χ0n) is 14.8. The number of rotatable bonds is 5. The van der Waals surface area contributed by atoms with Crippen molar-refractivity contribution >= 4 is 66.5 Å². The Labute approximate surface area is 184 Å². The van der Waals surface area contributed by atoms with E-state index in [1.165, 1.54) is 17.3 Å². The maximum Gasteiger partial charge on any atom is 0.264 e. The van der Waals surface area contributed by atoms with Gasteiger partial charge in [0.25, 0.3) is 5.91 Å². The second kappa shape index (κ2) is 9.41. The van der Waals surface area contributed by atoms with Gasteiger partial charge >= 0.3 is 0 Å². The van der Waals surface area contributed by atoms with Gasteiger partial charge in [0.2, 0.25) is 0 Å². The lowest BCUT2D eigenvalue weighted by atomic mass is 10.2. The summed E-state index contributed by atoms with van der Waals surface area (Å²) in [6.45, 7) is 2.05. The number of hydrogen-bond acceptors (Lipinski definition) is 5. The van der Waals surface area contributed by atoms with Crippen LogP contribution in [0.2, 0.25) is 0 Å². The van der Waals surface area contributed by atoms with Gasteiger partial charge in [0.15, 0.2) is 11.8 Å². The number of carbonyl (C=O) groups is 1. The van der Waals surface area contributed by atoms with Crippen molar-refractivity contribution in [1.29, 1.82) is 5.26 Å². The van der Waals surface area contributed by atoms with Crippen LogP contribution >= 0.6 is 43.6 Å². The van der Waals surface area contributed by atoms with Gasteiger partial charge in [-0.1, -0.05) is 19.1 Å². The summed E-state index contributed by atoms with van der Waals surface area (Å²) in [5, 5.41) is 12.0. The standard InChI is InChI=1S/C20H15Br2N3O2S/c1-2-12-3-5-14(6-4-12)24-20-25-19(26)17(28-20)11-13-9-15(21)18(16(22)10-13)27-8-7-23/h3-6,9-11H,2,8H2,1H3,(H,24,25,26)/b17-11-. The highest BCUT2D eigenvalue weighted by atomic mass is 79.9. The molecule has 2 aromatic carbocycles. The van der Waals surface area contributed by atoms with Crippen molar-refractivity contribution in [2.75, 3.05) is 6.61 Å². The molecule has 1 fully saturated rings. The smallest absolute Gasteiger partial charge is 0.264 e. The molecule has 0 saturated carbocycles. The monoisotopic (exact) mass is 519 g/mol. The van der Waals surface area contributed by atoms with Crippen LogP contribution in [0.3, 0.4) is 0 Å². The molecule has 0 unspecified atom stereocenters. The van der Waals surface area contributed by atoms with Crippen LogP contribution in [-0.4, -0.2) is 17.7 Å². The Bertz CT molecular complexity index is 988. The fourth-order valence-electron chi connectivity index (χ4n) is 2.46. The minimum Gasteiger partial charge on any atom is -0.476 e. The predicted molar refractivity (Wildman–Crippen MR) is 120 cm³/mol. The Balaban J connectivity index is 1.80. The van der Waals surface area contributed by atoms with Gasteiger partial charge in [0.05, 0.1) is 19.5 Å². The molecule has 5 nitrogen and oxygen atoms in total. The summed E-state index contributed by atoms with van der Waals surface area (Å²) in [5.41, 5.74) is 2.85. The summed E-state index contributed by atoms with van der Waals surface area (Å²) >= 11 is 8.17. The van der Waals surface area contributed by atoms with Crippen molar-refractivity contribution in [1.82, 2.24) is 5.32 Å². The van der Waals surface area contributed by atoms with E-state index in [1.807, 2.05) is 42.5 Å². The van der Waals surface area contributed by atoms with Crippen molar-refractivity contribution in [3.05, 3.63) is 61.4 Å². The summed E-state index contributed by atoms with van der Waals surface area (Å²) in [5.74, 6) is 0.357. The molecule has 2 aromatic rings. The summed E-state index contributed by atoms with van der Waals surface area (Å²) in [6.07, 6.45) is 2.76. The van der Waals surface area contributed by atoms with E-state index in [0.29, 0.717) is 24.8 Å². The number of nitriles is 1. The molecular formula is C20H15Br2N3O2S. The zero-order chi connectivity index (χ0) is 20.1. The fourth-order valence-corrected chi connectivity index (χ4v) is 4.75. The molecule has 1 aliphatic rings. The second-order valence-corrected chi connectivity index (χ2v) is 8.50. The van der Waals surface area contributed by atoms with Gasteiger partial charge < -0.3 is 10.1 Å². The number of nitrogens with zero attached hydrogens (tertiary/aromatic N) is 2. The van der Waals surface area contributed by atoms with Gasteiger partial charge in [0, 0.05) is 0 Å². The molecule has 1 aliphatic heterocycles. The first-order chi connectivity index (χ1) is 13.5. The Kier molecular flexibility index (Phi) is 6.94. The molecule has 0 radical (unpaired) electrons. The van der Waals surface area contributed by atoms with Crippen LogP contribution in [0.25, 0.3) is 6.08 Å². The molecule has 8 heteroatoms. The van der Waals surface area contributed by atoms with Gasteiger partial charge in [-0.3, -0.25) is 4.79 Å². The van der Waals surface area contributed by atoms with Crippen molar-refractivity contribution in [2.45, 2.75) is 13.3 Å². The molecule has 1 amide bonds. The number of nitrogens with one attached hydrogen (secondary N) is 1. The number of ether oxygens (including phenoxy) is 1. The Morgan fingerprint density at radius 1 is 1.25 bits per heavy atom. The third-order valence-electron chi connectivity index (χ3n) is 3.83. The third kappa shape index (κ3) is 5.04. The van der Waals surface area contributed by atoms with Gasteiger partial charge in [-0.25, -0.2) is 4.99 Å². The quantitative estimate of drug-likeness (QED) is 0.523. The molecule has 0 aromatic heterocycles. The number of hydrogen-bond donors (Lipinski definition) is 1. The van der Waals surface area contributed by atoms with E-state index in [2.05, 4.69) is 49.1 Å². The molecule has 142 valence electrons. The summed E-state index contributed by atoms with van der Waals surface area (Å²) in [7, 11) is 0. The van der Waals surface area contributed by atoms with Gasteiger partial charge in [-0.2, -0.15) is 5.26 Å². The molecular weight excluding hydrogens is 506 g/mol. The number of aliphatic imine (C=N–C) groups is 1. The first-order valence-corrected chi connectivity index (χ1v) is 10.8. The minimum atomic E-state index is -0.189. The lowest BCUT2D eigenvalue weighted by molar-refractivity contribution is -0.115. The maximum absolute atomic E-state index is 12.3. The SMILES string of the molecule is CCc1ccc(N=C2NC(=O)/C(=C/c3cc(Br)c(OCC#N)c(Br)c3)S2)cc1. The second-order valence-electron chi connectivity index (χ2n) is 5.76. The topological polar surface area (TPSA) is 74.5 Å². The van der Waals surface area contributed by atoms with E-state index in [1.54, 1.807) is 6.08 Å². The number of amidine groups is 1. The van der Waals surface area contributed by atoms with Crippen LogP contribution in [0.5, 0.6) is 5.75 Å². The van der Waals surface area contributed by atoms with E-state index in [-0.39, 0.29) is 12.5 Å². The highest BCUT2D eigenvalue weighted by Gasteiger charge is 2.24. The van der Waals surface area contributed by atoms with Crippen molar-refractivity contribution in [3.8, 4) is 11.8 Å². The number of thioether (sulfide) groups is 1. The lowest BCUT2D eigenvalue weighted by Crippen LogP contribution is -2.19. The lowest BCUT2D eigenvalue weighted by Gasteiger charge is -2.08. The molecule has 1 N–H and O–H groups in total. The predicted octanol–water partition coefficient (Wildman–Crippen LogP) is 5.57. The van der Waals surface area contributed by atoms with Crippen LogP contribution in [0.15, 0.2) is 55.2 Å². The molecule has 3 rings (SSSR count). The van der Waals surface area contributed by atoms with E-state index in [0.717, 1.165) is 17.7 Å².